The molecule has 0 saturated heterocycles. The maximum Gasteiger partial charge on any atom is 0.249 e. The Labute approximate surface area is 69.5 Å². The van der Waals surface area contributed by atoms with Gasteiger partial charge in [-0.1, -0.05) is 31.9 Å². The zero-order valence-electron chi connectivity index (χ0n) is 4.40. The zero-order chi connectivity index (χ0) is 7.49. The van der Waals surface area contributed by atoms with E-state index in [1.54, 1.807) is 6.07 Å². The highest BCUT2D eigenvalue weighted by Crippen LogP contribution is 2.18. The van der Waals surface area contributed by atoms with Gasteiger partial charge in [0.05, 0.1) is 6.07 Å². The molecule has 5 heteroatoms. The Morgan fingerprint density at radius 2 is 2.33 bits per heavy atom. The van der Waals surface area contributed by atoms with Gasteiger partial charge in [-0.25, -0.2) is 0 Å². The first-order chi connectivity index (χ1) is 4.06. The molecule has 0 rings (SSSR count). The third-order valence-corrected chi connectivity index (χ3v) is 3.19. The smallest absolute Gasteiger partial charge is 0.249 e. The van der Waals surface area contributed by atoms with E-state index in [0.29, 0.717) is 0 Å². The predicted molar refractivity (Wildman–Crippen MR) is 40.3 cm³/mol. The van der Waals surface area contributed by atoms with E-state index in [0.717, 1.165) is 0 Å². The largest absolute Gasteiger partial charge is 0.368 e. The molecule has 1 amide bonds. The molecule has 0 saturated carbocycles. The molecule has 0 radical (unpaired) electrons. The molecular formula is C4H4Br2N2O. The Bertz CT molecular complexity index is 164. The molecule has 9 heavy (non-hydrogen) atoms. The number of carbonyl (C=O) groups excluding carboxylic acids is 1. The van der Waals surface area contributed by atoms with E-state index in [-0.39, 0.29) is 5.33 Å². The average molecular weight is 256 g/mol. The van der Waals surface area contributed by atoms with E-state index in [2.05, 4.69) is 31.9 Å². The Kier molecular flexibility index (Phi) is 3.15. The van der Waals surface area contributed by atoms with Crippen LogP contribution in [-0.4, -0.2) is 15.6 Å². The molecule has 0 heterocycles. The summed E-state index contributed by atoms with van der Waals surface area (Å²) in [7, 11) is 0. The Morgan fingerprint density at radius 3 is 2.33 bits per heavy atom. The van der Waals surface area contributed by atoms with E-state index < -0.39 is 10.2 Å². The SMILES string of the molecule is N#CC(Br)(CBr)C(N)=O. The summed E-state index contributed by atoms with van der Waals surface area (Å²) >= 11 is 5.83. The second-order valence-electron chi connectivity index (χ2n) is 1.41. The highest BCUT2D eigenvalue weighted by atomic mass is 79.9. The van der Waals surface area contributed by atoms with Crippen LogP contribution in [0.2, 0.25) is 0 Å². The Hall–Kier alpha value is -0.0800. The van der Waals surface area contributed by atoms with Gasteiger partial charge in [-0.2, -0.15) is 5.26 Å². The van der Waals surface area contributed by atoms with Crippen LogP contribution in [0.5, 0.6) is 0 Å². The molecule has 0 spiro atoms. The number of nitriles is 1. The first kappa shape index (κ1) is 8.92. The van der Waals surface area contributed by atoms with Crippen LogP contribution >= 0.6 is 31.9 Å². The number of amides is 1. The fourth-order valence-electron chi connectivity index (χ4n) is 0.151. The fourth-order valence-corrected chi connectivity index (χ4v) is 0.553. The number of carbonyl (C=O) groups is 1. The summed E-state index contributed by atoms with van der Waals surface area (Å²) in [6, 6.07) is 1.72. The first-order valence-electron chi connectivity index (χ1n) is 2.03. The molecular weight excluding hydrogens is 252 g/mol. The standard InChI is InChI=1S/C4H4Br2N2O/c5-1-4(6,2-7)3(8)9/h1H2,(H2,8,9). The van der Waals surface area contributed by atoms with Crippen LogP contribution in [-0.2, 0) is 4.79 Å². The molecule has 1 atom stereocenters. The van der Waals surface area contributed by atoms with Gasteiger partial charge < -0.3 is 5.73 Å². The van der Waals surface area contributed by atoms with Crippen LogP contribution in [0.15, 0.2) is 0 Å². The minimum absolute atomic E-state index is 0.200. The molecule has 3 nitrogen and oxygen atoms in total. The zero-order valence-corrected chi connectivity index (χ0v) is 7.57. The minimum atomic E-state index is -1.24. The van der Waals surface area contributed by atoms with E-state index in [4.69, 9.17) is 11.0 Å². The van der Waals surface area contributed by atoms with Crippen molar-refractivity contribution in [3.63, 3.8) is 0 Å². The Morgan fingerprint density at radius 1 is 1.89 bits per heavy atom. The molecule has 0 bridgehead atoms. The van der Waals surface area contributed by atoms with Crippen molar-refractivity contribution in [2.75, 3.05) is 5.33 Å². The van der Waals surface area contributed by atoms with E-state index in [9.17, 15) is 4.79 Å². The van der Waals surface area contributed by atoms with Crippen LogP contribution < -0.4 is 5.73 Å². The summed E-state index contributed by atoms with van der Waals surface area (Å²) in [5, 5.41) is 8.53. The number of hydrogen-bond donors (Lipinski definition) is 1. The monoisotopic (exact) mass is 254 g/mol. The fraction of sp³-hybridized carbons (Fsp3) is 0.500. The summed E-state index contributed by atoms with van der Waals surface area (Å²) in [6.07, 6.45) is 0. The molecule has 0 fully saturated rings. The van der Waals surface area contributed by atoms with Gasteiger partial charge in [-0.05, 0) is 0 Å². The van der Waals surface area contributed by atoms with Crippen molar-refractivity contribution in [3.8, 4) is 6.07 Å². The van der Waals surface area contributed by atoms with E-state index >= 15 is 0 Å². The van der Waals surface area contributed by atoms with Crippen LogP contribution in [0.3, 0.4) is 0 Å². The molecule has 0 aliphatic rings. The van der Waals surface area contributed by atoms with Gasteiger partial charge in [0.2, 0.25) is 5.91 Å². The molecule has 0 aromatic rings. The van der Waals surface area contributed by atoms with Gasteiger partial charge in [0.25, 0.3) is 0 Å². The molecule has 0 aromatic carbocycles. The average Bonchev–Trinajstić information content (AvgIpc) is 1.86. The summed E-state index contributed by atoms with van der Waals surface area (Å²) in [5.41, 5.74) is 4.85. The van der Waals surface area contributed by atoms with Gasteiger partial charge >= 0.3 is 0 Å². The summed E-state index contributed by atoms with van der Waals surface area (Å²) in [4.78, 5) is 10.4. The lowest BCUT2D eigenvalue weighted by atomic mass is 10.2. The highest BCUT2D eigenvalue weighted by Gasteiger charge is 2.31. The van der Waals surface area contributed by atoms with Crippen molar-refractivity contribution < 1.29 is 4.79 Å². The first-order valence-corrected chi connectivity index (χ1v) is 3.94. The van der Waals surface area contributed by atoms with Gasteiger partial charge in [0, 0.05) is 5.33 Å². The molecule has 50 valence electrons. The second-order valence-corrected chi connectivity index (χ2v) is 3.33. The summed E-state index contributed by atoms with van der Waals surface area (Å²) in [6.45, 7) is 0. The van der Waals surface area contributed by atoms with E-state index in [1.165, 1.54) is 0 Å². The third kappa shape index (κ3) is 1.95. The lowest BCUT2D eigenvalue weighted by molar-refractivity contribution is -0.118. The van der Waals surface area contributed by atoms with Gasteiger partial charge in [0.15, 0.2) is 4.32 Å². The lowest BCUT2D eigenvalue weighted by Crippen LogP contribution is -2.38. The normalized spacial score (nSPS) is 15.7. The number of primary amides is 1. The van der Waals surface area contributed by atoms with E-state index in [1.807, 2.05) is 0 Å². The van der Waals surface area contributed by atoms with Crippen LogP contribution in [0.1, 0.15) is 0 Å². The number of nitrogens with two attached hydrogens (primary N) is 1. The maximum atomic E-state index is 10.4. The minimum Gasteiger partial charge on any atom is -0.368 e. The number of alkyl halides is 2. The summed E-state index contributed by atoms with van der Waals surface area (Å²) in [5.74, 6) is -0.679. The second kappa shape index (κ2) is 3.18. The maximum absolute atomic E-state index is 10.4. The van der Waals surface area contributed by atoms with Crippen LogP contribution in [0.4, 0.5) is 0 Å². The summed E-state index contributed by atoms with van der Waals surface area (Å²) < 4.78 is -1.24. The molecule has 0 aromatic heterocycles. The Balaban J connectivity index is 4.33. The van der Waals surface area contributed by atoms with Crippen LogP contribution in [0.25, 0.3) is 0 Å². The molecule has 2 N–H and O–H groups in total. The third-order valence-electron chi connectivity index (χ3n) is 0.752. The van der Waals surface area contributed by atoms with Gasteiger partial charge in [-0.3, -0.25) is 4.79 Å². The predicted octanol–water partition coefficient (Wildman–Crippen LogP) is 0.524. The number of halogens is 2. The molecule has 0 aliphatic carbocycles. The van der Waals surface area contributed by atoms with Crippen molar-refractivity contribution in [2.45, 2.75) is 4.32 Å². The lowest BCUT2D eigenvalue weighted by Gasteiger charge is -2.08. The number of rotatable bonds is 2. The van der Waals surface area contributed by atoms with Gasteiger partial charge in [0.1, 0.15) is 0 Å². The van der Waals surface area contributed by atoms with Crippen molar-refractivity contribution >= 4 is 37.8 Å². The molecule has 0 aliphatic heterocycles. The van der Waals surface area contributed by atoms with Crippen molar-refractivity contribution in [3.05, 3.63) is 0 Å². The van der Waals surface area contributed by atoms with Crippen molar-refractivity contribution in [2.24, 2.45) is 5.73 Å². The van der Waals surface area contributed by atoms with Crippen molar-refractivity contribution in [1.82, 2.24) is 0 Å². The van der Waals surface area contributed by atoms with Crippen LogP contribution in [0, 0.1) is 11.3 Å². The quantitative estimate of drug-likeness (QED) is 0.732. The van der Waals surface area contributed by atoms with Crippen molar-refractivity contribution in [1.29, 1.82) is 5.26 Å². The number of hydrogen-bond acceptors (Lipinski definition) is 2. The van der Waals surface area contributed by atoms with Gasteiger partial charge in [-0.15, -0.1) is 0 Å². The molecule has 1 unspecified atom stereocenters. The highest BCUT2D eigenvalue weighted by molar-refractivity contribution is 9.12. The topological polar surface area (TPSA) is 66.9 Å². The number of nitrogens with zero attached hydrogens (tertiary/aromatic N) is 1.